The van der Waals surface area contributed by atoms with Crippen molar-refractivity contribution in [1.82, 2.24) is 5.01 Å². The first-order valence-electron chi connectivity index (χ1n) is 8.39. The van der Waals surface area contributed by atoms with Crippen LogP contribution in [0.15, 0.2) is 47.6 Å². The van der Waals surface area contributed by atoms with Gasteiger partial charge in [0.1, 0.15) is 11.6 Å². The zero-order valence-corrected chi connectivity index (χ0v) is 14.2. The smallest absolute Gasteiger partial charge is 0.240 e. The van der Waals surface area contributed by atoms with E-state index < -0.39 is 0 Å². The summed E-state index contributed by atoms with van der Waals surface area (Å²) in [5, 5.41) is 6.14. The third-order valence-corrected chi connectivity index (χ3v) is 5.06. The molecule has 128 valence electrons. The maximum Gasteiger partial charge on any atom is 0.240 e. The molecule has 0 N–H and O–H groups in total. The van der Waals surface area contributed by atoms with E-state index in [0.29, 0.717) is 0 Å². The van der Waals surface area contributed by atoms with E-state index in [2.05, 4.69) is 5.10 Å². The summed E-state index contributed by atoms with van der Waals surface area (Å²) in [7, 11) is 1.63. The van der Waals surface area contributed by atoms with Crippen LogP contribution in [-0.2, 0) is 11.2 Å². The summed E-state index contributed by atoms with van der Waals surface area (Å²) in [5.41, 5.74) is 3.75. The van der Waals surface area contributed by atoms with Gasteiger partial charge in [-0.3, -0.25) is 4.79 Å². The van der Waals surface area contributed by atoms with Gasteiger partial charge in [-0.05, 0) is 48.2 Å². The Bertz CT molecular complexity index is 860. The molecule has 1 heterocycles. The highest BCUT2D eigenvalue weighted by molar-refractivity contribution is 6.06. The molecule has 1 aliphatic heterocycles. The average Bonchev–Trinajstić information content (AvgIpc) is 3.02. The molecule has 0 spiro atoms. The molecule has 0 aromatic heterocycles. The van der Waals surface area contributed by atoms with Gasteiger partial charge in [0, 0.05) is 18.4 Å². The minimum atomic E-state index is -0.274. The minimum Gasteiger partial charge on any atom is -0.497 e. The molecular formula is C20H19FN2O2. The van der Waals surface area contributed by atoms with Crippen LogP contribution in [0.25, 0.3) is 0 Å². The molecule has 25 heavy (non-hydrogen) atoms. The second kappa shape index (κ2) is 5.99. The Morgan fingerprint density at radius 2 is 2.00 bits per heavy atom. The molecule has 2 atom stereocenters. The van der Waals surface area contributed by atoms with Crippen LogP contribution in [0.1, 0.15) is 36.1 Å². The molecule has 2 aliphatic rings. The molecule has 0 saturated carbocycles. The number of hydrogen-bond acceptors (Lipinski definition) is 3. The van der Waals surface area contributed by atoms with Crippen molar-refractivity contribution in [3.8, 4) is 5.75 Å². The normalized spacial score (nSPS) is 21.4. The van der Waals surface area contributed by atoms with Gasteiger partial charge >= 0.3 is 0 Å². The van der Waals surface area contributed by atoms with E-state index >= 15 is 0 Å². The lowest BCUT2D eigenvalue weighted by molar-refractivity contribution is -0.131. The van der Waals surface area contributed by atoms with Crippen molar-refractivity contribution in [2.75, 3.05) is 7.11 Å². The van der Waals surface area contributed by atoms with E-state index in [1.54, 1.807) is 12.1 Å². The number of methoxy groups -OCH3 is 1. The number of hydrazone groups is 1. The first kappa shape index (κ1) is 15.8. The molecule has 1 aliphatic carbocycles. The summed E-state index contributed by atoms with van der Waals surface area (Å²) < 4.78 is 19.0. The van der Waals surface area contributed by atoms with Crippen LogP contribution in [0, 0.1) is 11.7 Å². The molecule has 5 heteroatoms. The van der Waals surface area contributed by atoms with Crippen molar-refractivity contribution in [1.29, 1.82) is 0 Å². The number of halogens is 1. The van der Waals surface area contributed by atoms with E-state index in [4.69, 9.17) is 4.74 Å². The number of aryl methyl sites for hydroxylation is 1. The van der Waals surface area contributed by atoms with Crippen LogP contribution in [-0.4, -0.2) is 23.7 Å². The van der Waals surface area contributed by atoms with Crippen LogP contribution in [0.5, 0.6) is 5.75 Å². The monoisotopic (exact) mass is 338 g/mol. The Kier molecular flexibility index (Phi) is 3.79. The number of nitrogens with zero attached hydrogens (tertiary/aromatic N) is 2. The van der Waals surface area contributed by atoms with Gasteiger partial charge in [-0.15, -0.1) is 0 Å². The molecule has 4 rings (SSSR count). The van der Waals surface area contributed by atoms with Crippen molar-refractivity contribution in [3.63, 3.8) is 0 Å². The second-order valence-electron chi connectivity index (χ2n) is 6.51. The van der Waals surface area contributed by atoms with Gasteiger partial charge in [0.15, 0.2) is 0 Å². The molecule has 0 unspecified atom stereocenters. The molecule has 4 nitrogen and oxygen atoms in total. The van der Waals surface area contributed by atoms with Crippen molar-refractivity contribution < 1.29 is 13.9 Å². The minimum absolute atomic E-state index is 0.0756. The largest absolute Gasteiger partial charge is 0.497 e. The predicted octanol–water partition coefficient (Wildman–Crippen LogP) is 3.70. The standard InChI is InChI=1S/C20H19FN2O2/c1-12(24)23-20(14-4-8-16(25-2)9-5-14)17-10-6-13-3-7-15(21)11-18(13)19(17)22-23/h3-5,7-9,11,17,20H,6,10H2,1-2H3/t17-,20-/m0/s1. The van der Waals surface area contributed by atoms with Crippen LogP contribution >= 0.6 is 0 Å². The number of amides is 1. The number of fused-ring (bicyclic) bond motifs is 3. The molecule has 2 aromatic rings. The molecular weight excluding hydrogens is 319 g/mol. The summed E-state index contributed by atoms with van der Waals surface area (Å²) in [4.78, 5) is 12.2. The summed E-state index contributed by atoms with van der Waals surface area (Å²) in [6, 6.07) is 12.4. The third-order valence-electron chi connectivity index (χ3n) is 5.06. The van der Waals surface area contributed by atoms with Crippen LogP contribution < -0.4 is 4.74 Å². The fraction of sp³-hybridized carbons (Fsp3) is 0.300. The van der Waals surface area contributed by atoms with Gasteiger partial charge in [0.05, 0.1) is 18.9 Å². The van der Waals surface area contributed by atoms with Gasteiger partial charge in [-0.25, -0.2) is 9.40 Å². The second-order valence-corrected chi connectivity index (χ2v) is 6.51. The topological polar surface area (TPSA) is 41.9 Å². The lowest BCUT2D eigenvalue weighted by Crippen LogP contribution is -2.31. The van der Waals surface area contributed by atoms with E-state index in [1.807, 2.05) is 30.3 Å². The van der Waals surface area contributed by atoms with Gasteiger partial charge in [-0.1, -0.05) is 18.2 Å². The fourth-order valence-electron chi connectivity index (χ4n) is 3.88. The number of hydrogen-bond donors (Lipinski definition) is 0. The van der Waals surface area contributed by atoms with Crippen LogP contribution in [0.3, 0.4) is 0 Å². The predicted molar refractivity (Wildman–Crippen MR) is 93.0 cm³/mol. The number of carbonyl (C=O) groups excluding carboxylic acids is 1. The summed E-state index contributed by atoms with van der Waals surface area (Å²) >= 11 is 0. The SMILES string of the molecule is COc1ccc([C@H]2[C@H]3CCc4ccc(F)cc4C3=NN2C(C)=O)cc1. The highest BCUT2D eigenvalue weighted by Crippen LogP contribution is 2.43. The quantitative estimate of drug-likeness (QED) is 0.838. The Labute approximate surface area is 145 Å². The third kappa shape index (κ3) is 2.60. The molecule has 0 saturated heterocycles. The molecule has 2 aromatic carbocycles. The molecule has 0 bridgehead atoms. The van der Waals surface area contributed by atoms with E-state index in [1.165, 1.54) is 19.1 Å². The average molecular weight is 338 g/mol. The van der Waals surface area contributed by atoms with E-state index in [0.717, 1.165) is 41.0 Å². The Hall–Kier alpha value is -2.69. The molecule has 1 amide bonds. The van der Waals surface area contributed by atoms with Gasteiger partial charge in [0.25, 0.3) is 0 Å². The van der Waals surface area contributed by atoms with Crippen molar-refractivity contribution >= 4 is 11.6 Å². The highest BCUT2D eigenvalue weighted by Gasteiger charge is 2.43. The van der Waals surface area contributed by atoms with Crippen molar-refractivity contribution in [2.24, 2.45) is 11.0 Å². The lowest BCUT2D eigenvalue weighted by Gasteiger charge is -2.29. The Morgan fingerprint density at radius 3 is 2.68 bits per heavy atom. The fourth-order valence-corrected chi connectivity index (χ4v) is 3.88. The zero-order chi connectivity index (χ0) is 17.6. The van der Waals surface area contributed by atoms with Crippen LogP contribution in [0.2, 0.25) is 0 Å². The van der Waals surface area contributed by atoms with Gasteiger partial charge in [0.2, 0.25) is 5.91 Å². The number of benzene rings is 2. The summed E-state index contributed by atoms with van der Waals surface area (Å²) in [6.07, 6.45) is 1.75. The van der Waals surface area contributed by atoms with Crippen LogP contribution in [0.4, 0.5) is 4.39 Å². The van der Waals surface area contributed by atoms with Gasteiger partial charge in [-0.2, -0.15) is 5.10 Å². The first-order valence-corrected chi connectivity index (χ1v) is 8.39. The highest BCUT2D eigenvalue weighted by atomic mass is 19.1. The maximum absolute atomic E-state index is 13.8. The van der Waals surface area contributed by atoms with Gasteiger partial charge < -0.3 is 4.74 Å². The zero-order valence-electron chi connectivity index (χ0n) is 14.2. The molecule has 0 radical (unpaired) electrons. The number of carbonyl (C=O) groups is 1. The number of rotatable bonds is 2. The summed E-state index contributed by atoms with van der Waals surface area (Å²) in [6.45, 7) is 1.52. The van der Waals surface area contributed by atoms with E-state index in [9.17, 15) is 9.18 Å². The number of ether oxygens (including phenoxy) is 1. The van der Waals surface area contributed by atoms with E-state index in [-0.39, 0.29) is 23.7 Å². The van der Waals surface area contributed by atoms with Crippen molar-refractivity contribution in [3.05, 3.63) is 65.0 Å². The summed E-state index contributed by atoms with van der Waals surface area (Å²) in [5.74, 6) is 0.463. The Balaban J connectivity index is 1.78. The van der Waals surface area contributed by atoms with Crippen molar-refractivity contribution in [2.45, 2.75) is 25.8 Å². The first-order chi connectivity index (χ1) is 12.1. The molecule has 0 fully saturated rings. The maximum atomic E-state index is 13.8. The lowest BCUT2D eigenvalue weighted by atomic mass is 9.77. The Morgan fingerprint density at radius 1 is 1.24 bits per heavy atom.